The van der Waals surface area contributed by atoms with Gasteiger partial charge in [0.15, 0.2) is 0 Å². The van der Waals surface area contributed by atoms with Gasteiger partial charge in [0.2, 0.25) is 0 Å². The molecule has 3 nitrogen and oxygen atoms in total. The van der Waals surface area contributed by atoms with Gasteiger partial charge in [0.25, 0.3) is 0 Å². The molecule has 0 radical (unpaired) electrons. The first-order chi connectivity index (χ1) is 10.6. The molecular weight excluding hydrogens is 295 g/mol. The van der Waals surface area contributed by atoms with Gasteiger partial charge < -0.3 is 0 Å². The van der Waals surface area contributed by atoms with Crippen molar-refractivity contribution in [2.45, 2.75) is 96.8 Å². The molecule has 22 heavy (non-hydrogen) atoms. The first-order valence-electron chi connectivity index (χ1n) is 9.27. The molecule has 0 aliphatic rings. The van der Waals surface area contributed by atoms with Crippen molar-refractivity contribution >= 4 is 7.94 Å². The molecule has 0 spiro atoms. The zero-order valence-corrected chi connectivity index (χ0v) is 15.4. The van der Waals surface area contributed by atoms with E-state index in [2.05, 4.69) is 19.1 Å². The van der Waals surface area contributed by atoms with Crippen molar-refractivity contribution in [2.24, 2.45) is 0 Å². The highest BCUT2D eigenvalue weighted by Gasteiger charge is 2.27. The Morgan fingerprint density at radius 3 is 1.45 bits per heavy atom. The lowest BCUT2D eigenvalue weighted by Crippen LogP contribution is -1.94. The summed E-state index contributed by atoms with van der Waals surface area (Å²) in [6.07, 6.45) is 22.0. The number of rotatable bonds is 16. The largest absolute Gasteiger partial charge is 0.403 e. The Kier molecular flexibility index (Phi) is 16.0. The Bertz CT molecular complexity index is 249. The molecule has 132 valence electrons. The first-order valence-corrected chi connectivity index (χ1v) is 11.1. The molecule has 0 heterocycles. The summed E-state index contributed by atoms with van der Waals surface area (Å²) in [4.78, 5) is 26.5. The van der Waals surface area contributed by atoms with E-state index in [4.69, 9.17) is 14.7 Å². The number of unbranched alkanes of at least 4 members (excludes halogenated alkanes) is 12. The highest BCUT2D eigenvalue weighted by atomic mass is 31.2. The molecular formula is C18H38O3P+. The molecule has 0 aromatic rings. The van der Waals surface area contributed by atoms with Gasteiger partial charge in [-0.1, -0.05) is 70.4 Å². The van der Waals surface area contributed by atoms with Crippen LogP contribution >= 0.6 is 7.94 Å². The Morgan fingerprint density at radius 2 is 1.00 bits per heavy atom. The van der Waals surface area contributed by atoms with Gasteiger partial charge in [-0.3, -0.25) is 0 Å². The van der Waals surface area contributed by atoms with Crippen LogP contribution in [0.25, 0.3) is 0 Å². The van der Waals surface area contributed by atoms with Gasteiger partial charge in [-0.2, -0.15) is 14.7 Å². The van der Waals surface area contributed by atoms with Crippen LogP contribution in [0.5, 0.6) is 0 Å². The van der Waals surface area contributed by atoms with E-state index in [9.17, 15) is 0 Å². The van der Waals surface area contributed by atoms with Crippen molar-refractivity contribution < 1.29 is 14.7 Å². The van der Waals surface area contributed by atoms with Crippen LogP contribution in [-0.4, -0.2) is 20.8 Å². The summed E-state index contributed by atoms with van der Waals surface area (Å²) in [6, 6.07) is 0. The van der Waals surface area contributed by atoms with Crippen LogP contribution in [0.15, 0.2) is 12.2 Å². The molecule has 4 heteroatoms. The monoisotopic (exact) mass is 333 g/mol. The topological polar surface area (TPSA) is 60.7 Å². The lowest BCUT2D eigenvalue weighted by atomic mass is 10.1. The van der Waals surface area contributed by atoms with Crippen LogP contribution in [0.1, 0.15) is 96.8 Å². The van der Waals surface area contributed by atoms with Gasteiger partial charge in [-0.15, -0.1) is 0 Å². The minimum Gasteiger partial charge on any atom is -0.193 e. The third kappa shape index (κ3) is 20.1. The molecule has 0 bridgehead atoms. The molecule has 0 aliphatic heterocycles. The van der Waals surface area contributed by atoms with Gasteiger partial charge in [0, 0.05) is 0 Å². The van der Waals surface area contributed by atoms with Gasteiger partial charge in [0.1, 0.15) is 6.16 Å². The number of allylic oxidation sites excluding steroid dienone is 2. The molecule has 0 aliphatic carbocycles. The van der Waals surface area contributed by atoms with Crippen molar-refractivity contribution in [3.63, 3.8) is 0 Å². The SMILES string of the molecule is CCCCCCCCC=CCCCCCCCC[P+](O)(O)O. The van der Waals surface area contributed by atoms with Crippen LogP contribution < -0.4 is 0 Å². The summed E-state index contributed by atoms with van der Waals surface area (Å²) in [5.41, 5.74) is 0. The van der Waals surface area contributed by atoms with E-state index < -0.39 is 7.94 Å². The van der Waals surface area contributed by atoms with E-state index in [1.807, 2.05) is 0 Å². The predicted molar refractivity (Wildman–Crippen MR) is 97.9 cm³/mol. The predicted octanol–water partition coefficient (Wildman–Crippen LogP) is 5.76. The molecule has 3 N–H and O–H groups in total. The van der Waals surface area contributed by atoms with Crippen LogP contribution in [-0.2, 0) is 0 Å². The highest BCUT2D eigenvalue weighted by Crippen LogP contribution is 2.45. The van der Waals surface area contributed by atoms with E-state index in [0.29, 0.717) is 0 Å². The molecule has 0 atom stereocenters. The third-order valence-corrected chi connectivity index (χ3v) is 4.89. The normalized spacial score (nSPS) is 12.4. The van der Waals surface area contributed by atoms with Gasteiger partial charge >= 0.3 is 7.94 Å². The minimum atomic E-state index is -3.51. The molecule has 0 fully saturated rings. The van der Waals surface area contributed by atoms with Crippen molar-refractivity contribution in [1.29, 1.82) is 0 Å². The van der Waals surface area contributed by atoms with Crippen LogP contribution in [0.4, 0.5) is 0 Å². The standard InChI is InChI=1S/C18H38O3P/c1-2-3-4-5-6-7-8-9-10-11-12-13-14-15-16-17-18-22(19,20)21/h9-10,19-21H,2-8,11-18H2,1H3/q+1. The zero-order chi connectivity index (χ0) is 16.5. The average Bonchev–Trinajstić information content (AvgIpc) is 2.45. The number of hydrogen-bond acceptors (Lipinski definition) is 3. The average molecular weight is 333 g/mol. The van der Waals surface area contributed by atoms with Crippen LogP contribution in [0.3, 0.4) is 0 Å². The molecule has 0 amide bonds. The van der Waals surface area contributed by atoms with Gasteiger partial charge in [-0.25, -0.2) is 0 Å². The second-order valence-electron chi connectivity index (χ2n) is 6.35. The van der Waals surface area contributed by atoms with E-state index in [0.717, 1.165) is 19.3 Å². The maximum atomic E-state index is 8.85. The molecule has 0 saturated heterocycles. The summed E-state index contributed by atoms with van der Waals surface area (Å²) < 4.78 is 0. The smallest absolute Gasteiger partial charge is 0.193 e. The summed E-state index contributed by atoms with van der Waals surface area (Å²) in [7, 11) is -3.51. The summed E-state index contributed by atoms with van der Waals surface area (Å²) in [5, 5.41) is 0. The maximum Gasteiger partial charge on any atom is 0.403 e. The van der Waals surface area contributed by atoms with E-state index in [1.54, 1.807) is 0 Å². The lowest BCUT2D eigenvalue weighted by molar-refractivity contribution is 0.328. The van der Waals surface area contributed by atoms with Gasteiger partial charge in [0.05, 0.1) is 0 Å². The Labute approximate surface area is 138 Å². The summed E-state index contributed by atoms with van der Waals surface area (Å²) >= 11 is 0. The fourth-order valence-corrected chi connectivity index (χ4v) is 3.22. The van der Waals surface area contributed by atoms with Crippen LogP contribution in [0, 0.1) is 0 Å². The molecule has 0 saturated carbocycles. The summed E-state index contributed by atoms with van der Waals surface area (Å²) in [6.45, 7) is 2.26. The quantitative estimate of drug-likeness (QED) is 0.191. The second kappa shape index (κ2) is 15.9. The Morgan fingerprint density at radius 1 is 0.591 bits per heavy atom. The van der Waals surface area contributed by atoms with Crippen molar-refractivity contribution in [3.8, 4) is 0 Å². The molecule has 0 aromatic heterocycles. The van der Waals surface area contributed by atoms with Crippen molar-refractivity contribution in [2.75, 3.05) is 6.16 Å². The van der Waals surface area contributed by atoms with Crippen molar-refractivity contribution in [3.05, 3.63) is 12.2 Å². The number of hydrogen-bond donors (Lipinski definition) is 3. The molecule has 0 rings (SSSR count). The van der Waals surface area contributed by atoms with E-state index in [1.165, 1.54) is 70.6 Å². The molecule has 0 unspecified atom stereocenters. The van der Waals surface area contributed by atoms with Gasteiger partial charge in [-0.05, 0) is 38.5 Å². The highest BCUT2D eigenvalue weighted by molar-refractivity contribution is 7.58. The first kappa shape index (κ1) is 22.1. The minimum absolute atomic E-state index is 0.161. The van der Waals surface area contributed by atoms with E-state index in [-0.39, 0.29) is 6.16 Å². The van der Waals surface area contributed by atoms with E-state index >= 15 is 0 Å². The van der Waals surface area contributed by atoms with Crippen molar-refractivity contribution in [1.82, 2.24) is 0 Å². The second-order valence-corrected chi connectivity index (χ2v) is 8.19. The Balaban J connectivity index is 3.11. The lowest BCUT2D eigenvalue weighted by Gasteiger charge is -2.03. The van der Waals surface area contributed by atoms with Crippen LogP contribution in [0.2, 0.25) is 0 Å². The fraction of sp³-hybridized carbons (Fsp3) is 0.889. The Hall–Kier alpha value is 0.0500. The fourth-order valence-electron chi connectivity index (χ4n) is 2.57. The summed E-state index contributed by atoms with van der Waals surface area (Å²) in [5.74, 6) is 0. The molecule has 0 aromatic carbocycles. The zero-order valence-electron chi connectivity index (χ0n) is 14.6. The third-order valence-electron chi connectivity index (χ3n) is 3.97. The maximum absolute atomic E-state index is 8.85.